The van der Waals surface area contributed by atoms with E-state index in [0.717, 1.165) is 51.1 Å². The SMILES string of the molecule is C=C(/N=C\C1=C(C)c2ccccc2C(c2ccc(C)cc2)C1)N(CCC)CCC.C=CN(/C=C\C)CCC. The summed E-state index contributed by atoms with van der Waals surface area (Å²) in [5, 5.41) is 0. The molecule has 0 N–H and O–H groups in total. The van der Waals surface area contributed by atoms with Gasteiger partial charge in [-0.2, -0.15) is 0 Å². The third kappa shape index (κ3) is 8.90. The van der Waals surface area contributed by atoms with E-state index in [0.29, 0.717) is 5.92 Å². The highest BCUT2D eigenvalue weighted by molar-refractivity contribution is 5.93. The molecule has 0 bridgehead atoms. The Kier molecular flexibility index (Phi) is 13.4. The van der Waals surface area contributed by atoms with Gasteiger partial charge in [0.2, 0.25) is 0 Å². The van der Waals surface area contributed by atoms with Gasteiger partial charge in [0.15, 0.2) is 0 Å². The van der Waals surface area contributed by atoms with Crippen LogP contribution >= 0.6 is 0 Å². The molecule has 0 amide bonds. The van der Waals surface area contributed by atoms with Gasteiger partial charge < -0.3 is 9.80 Å². The third-order valence-corrected chi connectivity index (χ3v) is 6.90. The summed E-state index contributed by atoms with van der Waals surface area (Å²) in [5.74, 6) is 1.24. The van der Waals surface area contributed by atoms with Crippen molar-refractivity contribution in [1.82, 2.24) is 9.80 Å². The Hall–Kier alpha value is -3.33. The number of fused-ring (bicyclic) bond motifs is 1. The van der Waals surface area contributed by atoms with Crippen molar-refractivity contribution in [2.45, 2.75) is 73.1 Å². The molecule has 1 atom stereocenters. The van der Waals surface area contributed by atoms with Crippen LogP contribution in [0.3, 0.4) is 0 Å². The molecule has 2 aromatic carbocycles. The van der Waals surface area contributed by atoms with Crippen LogP contribution in [-0.4, -0.2) is 35.6 Å². The van der Waals surface area contributed by atoms with E-state index >= 15 is 0 Å². The zero-order valence-corrected chi connectivity index (χ0v) is 24.7. The molecular weight excluding hydrogens is 462 g/mol. The summed E-state index contributed by atoms with van der Waals surface area (Å²) < 4.78 is 0. The van der Waals surface area contributed by atoms with E-state index in [4.69, 9.17) is 4.99 Å². The average Bonchev–Trinajstić information content (AvgIpc) is 2.93. The number of hydrogen-bond donors (Lipinski definition) is 0. The van der Waals surface area contributed by atoms with Crippen LogP contribution in [0.1, 0.15) is 88.5 Å². The van der Waals surface area contributed by atoms with E-state index in [1.807, 2.05) is 25.4 Å². The molecular formula is C35H49N3. The normalized spacial score (nSPS) is 14.7. The first-order valence-corrected chi connectivity index (χ1v) is 14.2. The van der Waals surface area contributed by atoms with Gasteiger partial charge in [0, 0.05) is 31.8 Å². The number of hydrogen-bond acceptors (Lipinski definition) is 3. The highest BCUT2D eigenvalue weighted by atomic mass is 15.2. The van der Waals surface area contributed by atoms with Gasteiger partial charge in [-0.05, 0) is 86.7 Å². The molecule has 0 saturated heterocycles. The molecule has 0 spiro atoms. The molecule has 3 nitrogen and oxygen atoms in total. The zero-order valence-electron chi connectivity index (χ0n) is 24.7. The van der Waals surface area contributed by atoms with Crippen LogP contribution in [0.5, 0.6) is 0 Å². The van der Waals surface area contributed by atoms with E-state index in [9.17, 15) is 0 Å². The molecule has 1 unspecified atom stereocenters. The molecule has 0 heterocycles. The summed E-state index contributed by atoms with van der Waals surface area (Å²) in [5.41, 5.74) is 8.08. The highest BCUT2D eigenvalue weighted by Crippen LogP contribution is 2.41. The topological polar surface area (TPSA) is 18.8 Å². The van der Waals surface area contributed by atoms with E-state index < -0.39 is 0 Å². The maximum absolute atomic E-state index is 4.80. The van der Waals surface area contributed by atoms with Crippen LogP contribution in [-0.2, 0) is 0 Å². The van der Waals surface area contributed by atoms with Gasteiger partial charge in [0.1, 0.15) is 5.82 Å². The van der Waals surface area contributed by atoms with E-state index in [-0.39, 0.29) is 0 Å². The van der Waals surface area contributed by atoms with Crippen LogP contribution in [0.4, 0.5) is 0 Å². The molecule has 204 valence electrons. The Morgan fingerprint density at radius 2 is 1.58 bits per heavy atom. The largest absolute Gasteiger partial charge is 0.357 e. The van der Waals surface area contributed by atoms with Gasteiger partial charge in [0.25, 0.3) is 0 Å². The Bertz CT molecular complexity index is 1100. The Morgan fingerprint density at radius 1 is 0.947 bits per heavy atom. The summed E-state index contributed by atoms with van der Waals surface area (Å²) in [6.07, 6.45) is 12.3. The molecule has 2 aromatic rings. The maximum atomic E-state index is 4.80. The van der Waals surface area contributed by atoms with Crippen LogP contribution in [0.15, 0.2) is 96.6 Å². The van der Waals surface area contributed by atoms with Crippen LogP contribution in [0.2, 0.25) is 0 Å². The smallest absolute Gasteiger partial charge is 0.121 e. The molecule has 3 heteroatoms. The zero-order chi connectivity index (χ0) is 27.9. The fourth-order valence-corrected chi connectivity index (χ4v) is 4.86. The fourth-order valence-electron chi connectivity index (χ4n) is 4.86. The molecule has 1 aliphatic rings. The molecule has 3 rings (SSSR count). The number of nitrogens with zero attached hydrogens (tertiary/aromatic N) is 3. The second-order valence-electron chi connectivity index (χ2n) is 9.97. The van der Waals surface area contributed by atoms with Crippen molar-refractivity contribution < 1.29 is 0 Å². The van der Waals surface area contributed by atoms with Crippen LogP contribution in [0, 0.1) is 6.92 Å². The standard InChI is InChI=1S/C27H34N2.C8H15N/c1-6-16-29(17-7-2)22(5)28-19-24-18-27(23-14-12-20(3)13-15-23)26-11-9-8-10-25(26)21(24)4;1-4-7-9(6-3)8-5-2/h8-15,19,27H,5-7,16-18H2,1-4H3;4,6-7H,3,5,8H2,1-2H3/b28-19-;7-4-. The molecule has 0 aromatic heterocycles. The second kappa shape index (κ2) is 16.5. The minimum atomic E-state index is 0.368. The van der Waals surface area contributed by atoms with Crippen molar-refractivity contribution in [3.05, 3.63) is 114 Å². The van der Waals surface area contributed by atoms with E-state index in [2.05, 4.69) is 112 Å². The first kappa shape index (κ1) is 30.9. The summed E-state index contributed by atoms with van der Waals surface area (Å²) in [6.45, 7) is 23.9. The summed E-state index contributed by atoms with van der Waals surface area (Å²) >= 11 is 0. The van der Waals surface area contributed by atoms with Gasteiger partial charge in [0.05, 0.1) is 0 Å². The monoisotopic (exact) mass is 511 g/mol. The minimum Gasteiger partial charge on any atom is -0.357 e. The average molecular weight is 512 g/mol. The van der Waals surface area contributed by atoms with Gasteiger partial charge in [-0.3, -0.25) is 0 Å². The van der Waals surface area contributed by atoms with Crippen LogP contribution < -0.4 is 0 Å². The lowest BCUT2D eigenvalue weighted by Crippen LogP contribution is -2.23. The fraction of sp³-hybridized carbons (Fsp3) is 0.400. The van der Waals surface area contributed by atoms with Gasteiger partial charge in [-0.15, -0.1) is 0 Å². The number of rotatable bonds is 12. The molecule has 0 aliphatic heterocycles. The molecule has 0 radical (unpaired) electrons. The summed E-state index contributed by atoms with van der Waals surface area (Å²) in [7, 11) is 0. The second-order valence-corrected chi connectivity index (χ2v) is 9.97. The van der Waals surface area contributed by atoms with Gasteiger partial charge >= 0.3 is 0 Å². The van der Waals surface area contributed by atoms with Crippen molar-refractivity contribution in [3.63, 3.8) is 0 Å². The Labute approximate surface area is 233 Å². The summed E-state index contributed by atoms with van der Waals surface area (Å²) in [6, 6.07) is 17.8. The van der Waals surface area contributed by atoms with Crippen molar-refractivity contribution in [3.8, 4) is 0 Å². The third-order valence-electron chi connectivity index (χ3n) is 6.90. The van der Waals surface area contributed by atoms with Gasteiger partial charge in [-0.1, -0.05) is 94.1 Å². The lowest BCUT2D eigenvalue weighted by molar-refractivity contribution is 0.343. The van der Waals surface area contributed by atoms with Crippen molar-refractivity contribution in [1.29, 1.82) is 0 Å². The number of aryl methyl sites for hydroxylation is 1. The number of allylic oxidation sites excluding steroid dienone is 3. The molecule has 38 heavy (non-hydrogen) atoms. The quantitative estimate of drug-likeness (QED) is 0.264. The number of benzene rings is 2. The first-order chi connectivity index (χ1) is 18.4. The highest BCUT2D eigenvalue weighted by Gasteiger charge is 2.25. The molecule has 1 aliphatic carbocycles. The minimum absolute atomic E-state index is 0.368. The molecule has 0 saturated carbocycles. The Morgan fingerprint density at radius 3 is 2.16 bits per heavy atom. The predicted octanol–water partition coefficient (Wildman–Crippen LogP) is 9.34. The van der Waals surface area contributed by atoms with E-state index in [1.165, 1.54) is 33.4 Å². The van der Waals surface area contributed by atoms with Crippen molar-refractivity contribution >= 4 is 11.8 Å². The van der Waals surface area contributed by atoms with Crippen molar-refractivity contribution in [2.24, 2.45) is 4.99 Å². The predicted molar refractivity (Wildman–Crippen MR) is 168 cm³/mol. The number of aliphatic imine (C=N–C) groups is 1. The van der Waals surface area contributed by atoms with Gasteiger partial charge in [-0.25, -0.2) is 4.99 Å². The lowest BCUT2D eigenvalue weighted by Gasteiger charge is -2.28. The van der Waals surface area contributed by atoms with Crippen LogP contribution in [0.25, 0.3) is 5.57 Å². The lowest BCUT2D eigenvalue weighted by atomic mass is 9.76. The maximum Gasteiger partial charge on any atom is 0.121 e. The van der Waals surface area contributed by atoms with Crippen molar-refractivity contribution in [2.75, 3.05) is 19.6 Å². The Balaban J connectivity index is 0.000000484. The van der Waals surface area contributed by atoms with E-state index in [1.54, 1.807) is 0 Å². The summed E-state index contributed by atoms with van der Waals surface area (Å²) in [4.78, 5) is 9.16. The molecule has 0 fully saturated rings. The first-order valence-electron chi connectivity index (χ1n) is 14.2.